The average molecular weight is 543 g/mol. The fraction of sp³-hybridized carbons (Fsp3) is 0.258. The second kappa shape index (κ2) is 13.3. The number of anilines is 1. The summed E-state index contributed by atoms with van der Waals surface area (Å²) in [5.41, 5.74) is 2.73. The van der Waals surface area contributed by atoms with Crippen molar-refractivity contribution in [3.05, 3.63) is 84.4 Å². The van der Waals surface area contributed by atoms with E-state index in [0.29, 0.717) is 40.9 Å². The molecule has 1 N–H and O–H groups in total. The van der Waals surface area contributed by atoms with Gasteiger partial charge in [0.05, 0.1) is 38.3 Å². The van der Waals surface area contributed by atoms with Gasteiger partial charge in [0.15, 0.2) is 0 Å². The van der Waals surface area contributed by atoms with Crippen LogP contribution in [0.4, 0.5) is 5.82 Å². The molecule has 0 unspecified atom stereocenters. The number of hydrogen-bond donors (Lipinski definition) is 1. The lowest BCUT2D eigenvalue weighted by Gasteiger charge is -2.23. The van der Waals surface area contributed by atoms with Crippen LogP contribution in [0.3, 0.4) is 0 Å². The first-order valence-electron chi connectivity index (χ1n) is 13.1. The van der Waals surface area contributed by atoms with E-state index in [1.165, 1.54) is 12.0 Å². The number of ether oxygens (including phenoxy) is 3. The van der Waals surface area contributed by atoms with E-state index < -0.39 is 0 Å². The van der Waals surface area contributed by atoms with E-state index in [1.54, 1.807) is 37.1 Å². The van der Waals surface area contributed by atoms with Gasteiger partial charge < -0.3 is 24.4 Å². The summed E-state index contributed by atoms with van der Waals surface area (Å²) in [6.45, 7) is 2.32. The van der Waals surface area contributed by atoms with Gasteiger partial charge in [-0.3, -0.25) is 9.59 Å². The summed E-state index contributed by atoms with van der Waals surface area (Å²) in [5.74, 6) is 1.52. The van der Waals surface area contributed by atoms with Crippen molar-refractivity contribution >= 4 is 17.6 Å². The number of methoxy groups -OCH3 is 3. The van der Waals surface area contributed by atoms with Crippen molar-refractivity contribution in [3.8, 4) is 34.2 Å². The largest absolute Gasteiger partial charge is 0.497 e. The maximum atomic E-state index is 13.6. The van der Waals surface area contributed by atoms with Crippen molar-refractivity contribution in [1.82, 2.24) is 14.7 Å². The predicted octanol–water partition coefficient (Wildman–Crippen LogP) is 5.45. The molecule has 0 fully saturated rings. The molecule has 208 valence electrons. The molecule has 9 heteroatoms. The Morgan fingerprint density at radius 2 is 1.57 bits per heavy atom. The maximum Gasteiger partial charge on any atom is 0.258 e. The number of aromatic nitrogens is 2. The van der Waals surface area contributed by atoms with Crippen molar-refractivity contribution in [2.45, 2.75) is 19.8 Å². The Morgan fingerprint density at radius 3 is 2.23 bits per heavy atom. The smallest absolute Gasteiger partial charge is 0.258 e. The third-order valence-electron chi connectivity index (χ3n) is 6.41. The number of nitrogens with one attached hydrogen (secondary N) is 1. The number of benzene rings is 3. The van der Waals surface area contributed by atoms with Crippen LogP contribution in [0.1, 0.15) is 30.1 Å². The zero-order valence-electron chi connectivity index (χ0n) is 23.2. The van der Waals surface area contributed by atoms with Crippen LogP contribution in [-0.2, 0) is 4.79 Å². The van der Waals surface area contributed by atoms with E-state index in [1.807, 2.05) is 67.6 Å². The van der Waals surface area contributed by atoms with Gasteiger partial charge in [0, 0.05) is 24.2 Å². The fourth-order valence-electron chi connectivity index (χ4n) is 4.24. The highest BCUT2D eigenvalue weighted by molar-refractivity contribution is 6.01. The minimum absolute atomic E-state index is 0.136. The Morgan fingerprint density at radius 1 is 0.875 bits per heavy atom. The van der Waals surface area contributed by atoms with Gasteiger partial charge >= 0.3 is 0 Å². The number of rotatable bonds is 12. The van der Waals surface area contributed by atoms with E-state index in [9.17, 15) is 9.59 Å². The first-order chi connectivity index (χ1) is 19.5. The van der Waals surface area contributed by atoms with Crippen molar-refractivity contribution in [3.63, 3.8) is 0 Å². The summed E-state index contributed by atoms with van der Waals surface area (Å²) in [7, 11) is 4.66. The summed E-state index contributed by atoms with van der Waals surface area (Å²) >= 11 is 0. The van der Waals surface area contributed by atoms with Crippen LogP contribution < -0.4 is 19.5 Å². The van der Waals surface area contributed by atoms with Crippen molar-refractivity contribution in [1.29, 1.82) is 0 Å². The molecule has 2 amide bonds. The zero-order chi connectivity index (χ0) is 28.5. The van der Waals surface area contributed by atoms with Crippen molar-refractivity contribution in [2.75, 3.05) is 39.7 Å². The molecule has 0 atom stereocenters. The molecule has 0 saturated carbocycles. The molecule has 0 bridgehead atoms. The molecule has 0 radical (unpaired) electrons. The minimum atomic E-state index is -0.341. The van der Waals surface area contributed by atoms with Gasteiger partial charge in [0.25, 0.3) is 5.91 Å². The number of hydrogen-bond acceptors (Lipinski definition) is 6. The quantitative estimate of drug-likeness (QED) is 0.256. The van der Waals surface area contributed by atoms with Crippen LogP contribution >= 0.6 is 0 Å². The molecule has 3 aromatic carbocycles. The van der Waals surface area contributed by atoms with Gasteiger partial charge in [0.1, 0.15) is 29.6 Å². The van der Waals surface area contributed by atoms with E-state index in [0.717, 1.165) is 24.1 Å². The summed E-state index contributed by atoms with van der Waals surface area (Å²) in [5, 5.41) is 7.73. The van der Waals surface area contributed by atoms with Crippen LogP contribution in [0.25, 0.3) is 16.9 Å². The summed E-state index contributed by atoms with van der Waals surface area (Å²) in [6, 6.07) is 23.9. The maximum absolute atomic E-state index is 13.6. The third kappa shape index (κ3) is 6.61. The monoisotopic (exact) mass is 542 g/mol. The molecule has 0 aliphatic heterocycles. The molecule has 0 spiro atoms. The molecular formula is C31H34N4O5. The van der Waals surface area contributed by atoms with Gasteiger partial charge in [-0.05, 0) is 42.8 Å². The first-order valence-corrected chi connectivity index (χ1v) is 13.1. The molecule has 0 aliphatic rings. The van der Waals surface area contributed by atoms with E-state index in [-0.39, 0.29) is 18.4 Å². The van der Waals surface area contributed by atoms with Crippen LogP contribution in [0.15, 0.2) is 78.9 Å². The van der Waals surface area contributed by atoms with E-state index in [2.05, 4.69) is 5.32 Å². The van der Waals surface area contributed by atoms with Crippen LogP contribution in [-0.4, -0.2) is 60.9 Å². The van der Waals surface area contributed by atoms with E-state index in [4.69, 9.17) is 19.3 Å². The summed E-state index contributed by atoms with van der Waals surface area (Å²) in [4.78, 5) is 28.5. The standard InChI is InChI=1S/C31H34N4O5/c1-5-6-18-34(31(37)26-17-16-25(39-3)19-28(26)40-4)21-30(36)32-29-20-27(22-10-8-7-9-11-22)33-35(29)23-12-14-24(38-2)15-13-23/h7-17,19-20H,5-6,18,21H2,1-4H3,(H,32,36). The summed E-state index contributed by atoms with van der Waals surface area (Å²) in [6.07, 6.45) is 1.62. The molecule has 1 heterocycles. The Balaban J connectivity index is 1.61. The lowest BCUT2D eigenvalue weighted by molar-refractivity contribution is -0.117. The molecule has 4 aromatic rings. The Labute approximate surface area is 234 Å². The van der Waals surface area contributed by atoms with Crippen LogP contribution in [0, 0.1) is 0 Å². The third-order valence-corrected chi connectivity index (χ3v) is 6.41. The number of unbranched alkanes of at least 4 members (excludes halogenated alkanes) is 1. The number of carbonyl (C=O) groups is 2. The first kappa shape index (κ1) is 28.2. The number of nitrogens with zero attached hydrogens (tertiary/aromatic N) is 3. The van der Waals surface area contributed by atoms with Gasteiger partial charge in [-0.2, -0.15) is 5.10 Å². The lowest BCUT2D eigenvalue weighted by Crippen LogP contribution is -2.39. The lowest BCUT2D eigenvalue weighted by atomic mass is 10.1. The molecule has 0 aliphatic carbocycles. The molecule has 1 aromatic heterocycles. The zero-order valence-corrected chi connectivity index (χ0v) is 23.2. The van der Waals surface area contributed by atoms with Crippen molar-refractivity contribution in [2.24, 2.45) is 0 Å². The highest BCUT2D eigenvalue weighted by Crippen LogP contribution is 2.27. The number of carbonyl (C=O) groups excluding carboxylic acids is 2. The molecular weight excluding hydrogens is 508 g/mol. The SMILES string of the molecule is CCCCN(CC(=O)Nc1cc(-c2ccccc2)nn1-c1ccc(OC)cc1)C(=O)c1ccc(OC)cc1OC. The highest BCUT2D eigenvalue weighted by atomic mass is 16.5. The Bertz CT molecular complexity index is 1430. The predicted molar refractivity (Wildman–Crippen MR) is 155 cm³/mol. The molecule has 0 saturated heterocycles. The Hall–Kier alpha value is -4.79. The van der Waals surface area contributed by atoms with E-state index >= 15 is 0 Å². The van der Waals surface area contributed by atoms with Crippen LogP contribution in [0.5, 0.6) is 17.2 Å². The van der Waals surface area contributed by atoms with Gasteiger partial charge in [0.2, 0.25) is 5.91 Å². The Kier molecular flexibility index (Phi) is 9.40. The highest BCUT2D eigenvalue weighted by Gasteiger charge is 2.23. The van der Waals surface area contributed by atoms with Gasteiger partial charge in [-0.15, -0.1) is 0 Å². The van der Waals surface area contributed by atoms with Crippen molar-refractivity contribution < 1.29 is 23.8 Å². The van der Waals surface area contributed by atoms with Crippen LogP contribution in [0.2, 0.25) is 0 Å². The second-order valence-corrected chi connectivity index (χ2v) is 9.09. The topological polar surface area (TPSA) is 94.9 Å². The van der Waals surface area contributed by atoms with Gasteiger partial charge in [-0.25, -0.2) is 4.68 Å². The normalized spacial score (nSPS) is 10.6. The molecule has 4 rings (SSSR count). The minimum Gasteiger partial charge on any atom is -0.497 e. The second-order valence-electron chi connectivity index (χ2n) is 9.09. The number of amides is 2. The van der Waals surface area contributed by atoms with Gasteiger partial charge in [-0.1, -0.05) is 43.7 Å². The molecule has 9 nitrogen and oxygen atoms in total. The summed E-state index contributed by atoms with van der Waals surface area (Å²) < 4.78 is 17.7. The average Bonchev–Trinajstić information content (AvgIpc) is 3.42. The molecule has 40 heavy (non-hydrogen) atoms. The fourth-order valence-corrected chi connectivity index (χ4v) is 4.24.